The lowest BCUT2D eigenvalue weighted by Crippen LogP contribution is -2.36. The van der Waals surface area contributed by atoms with Crippen molar-refractivity contribution < 1.29 is 14.7 Å². The molecule has 1 aromatic rings. The monoisotopic (exact) mass is 285 g/mol. The quantitative estimate of drug-likeness (QED) is 0.839. The van der Waals surface area contributed by atoms with Crippen LogP contribution in [0, 0.1) is 37.5 Å². The number of hydrogen-bond donors (Lipinski definition) is 2. The van der Waals surface area contributed by atoms with E-state index in [4.69, 9.17) is 0 Å². The van der Waals surface area contributed by atoms with Gasteiger partial charge in [-0.25, -0.2) is 0 Å². The number of aryl methyl sites for hydroxylation is 1. The average Bonchev–Trinajstić information content (AvgIpc) is 3.04. The minimum absolute atomic E-state index is 0.00172. The number of amides is 1. The molecule has 0 saturated heterocycles. The van der Waals surface area contributed by atoms with Crippen LogP contribution in [0.2, 0.25) is 0 Å². The van der Waals surface area contributed by atoms with Crippen LogP contribution in [0.3, 0.4) is 0 Å². The molecule has 2 aliphatic rings. The maximum atomic E-state index is 12.6. The number of benzene rings is 1. The van der Waals surface area contributed by atoms with Crippen molar-refractivity contribution in [2.24, 2.45) is 23.7 Å². The molecular weight excluding hydrogens is 266 g/mol. The number of carbonyl (C=O) groups excluding carboxylic acids is 1. The Morgan fingerprint density at radius 3 is 2.48 bits per heavy atom. The Morgan fingerprint density at radius 1 is 1.14 bits per heavy atom. The number of carboxylic acids is 1. The fourth-order valence-electron chi connectivity index (χ4n) is 3.62. The third-order valence-electron chi connectivity index (χ3n) is 4.91. The minimum Gasteiger partial charge on any atom is -0.481 e. The highest BCUT2D eigenvalue weighted by atomic mass is 16.4. The van der Waals surface area contributed by atoms with Gasteiger partial charge in [-0.05, 0) is 49.3 Å². The molecule has 0 aliphatic heterocycles. The molecular formula is C17H19NO3. The molecule has 0 unspecified atom stereocenters. The van der Waals surface area contributed by atoms with Crippen LogP contribution >= 0.6 is 0 Å². The second kappa shape index (κ2) is 5.02. The zero-order valence-corrected chi connectivity index (χ0v) is 12.2. The van der Waals surface area contributed by atoms with Gasteiger partial charge in [-0.3, -0.25) is 9.59 Å². The molecule has 1 saturated carbocycles. The number of carbonyl (C=O) groups is 2. The summed E-state index contributed by atoms with van der Waals surface area (Å²) >= 11 is 0. The van der Waals surface area contributed by atoms with Crippen LogP contribution in [0.15, 0.2) is 30.4 Å². The highest BCUT2D eigenvalue weighted by Crippen LogP contribution is 2.48. The first kappa shape index (κ1) is 13.9. The summed E-state index contributed by atoms with van der Waals surface area (Å²) in [6, 6.07) is 5.75. The van der Waals surface area contributed by atoms with E-state index in [9.17, 15) is 14.7 Å². The van der Waals surface area contributed by atoms with E-state index in [2.05, 4.69) is 5.32 Å². The highest BCUT2D eigenvalue weighted by Gasteiger charge is 2.51. The molecule has 2 N–H and O–H groups in total. The lowest BCUT2D eigenvalue weighted by molar-refractivity contribution is -0.146. The molecule has 1 aromatic carbocycles. The number of fused-ring (bicyclic) bond motifs is 2. The first-order chi connectivity index (χ1) is 9.99. The van der Waals surface area contributed by atoms with Gasteiger partial charge in [-0.15, -0.1) is 0 Å². The van der Waals surface area contributed by atoms with Crippen LogP contribution in [-0.2, 0) is 9.59 Å². The summed E-state index contributed by atoms with van der Waals surface area (Å²) in [7, 11) is 0. The molecule has 21 heavy (non-hydrogen) atoms. The Labute approximate surface area is 123 Å². The summed E-state index contributed by atoms with van der Waals surface area (Å²) in [4.78, 5) is 24.0. The van der Waals surface area contributed by atoms with Gasteiger partial charge in [0.2, 0.25) is 5.91 Å². The molecule has 1 fully saturated rings. The van der Waals surface area contributed by atoms with E-state index < -0.39 is 17.8 Å². The third-order valence-corrected chi connectivity index (χ3v) is 4.91. The Hall–Kier alpha value is -2.10. The summed E-state index contributed by atoms with van der Waals surface area (Å²) < 4.78 is 0. The molecule has 0 radical (unpaired) electrons. The highest BCUT2D eigenvalue weighted by molar-refractivity contribution is 5.97. The van der Waals surface area contributed by atoms with Gasteiger partial charge < -0.3 is 10.4 Å². The number of rotatable bonds is 3. The maximum Gasteiger partial charge on any atom is 0.307 e. The minimum atomic E-state index is -0.868. The number of hydrogen-bond acceptors (Lipinski definition) is 2. The first-order valence-electron chi connectivity index (χ1n) is 7.27. The van der Waals surface area contributed by atoms with Crippen molar-refractivity contribution in [3.8, 4) is 0 Å². The van der Waals surface area contributed by atoms with Gasteiger partial charge in [-0.2, -0.15) is 0 Å². The van der Waals surface area contributed by atoms with Gasteiger partial charge in [0.15, 0.2) is 0 Å². The van der Waals surface area contributed by atoms with Gasteiger partial charge >= 0.3 is 5.97 Å². The Kier molecular flexibility index (Phi) is 3.32. The van der Waals surface area contributed by atoms with Crippen molar-refractivity contribution in [1.82, 2.24) is 0 Å². The van der Waals surface area contributed by atoms with Gasteiger partial charge in [0.25, 0.3) is 0 Å². The van der Waals surface area contributed by atoms with Crippen LogP contribution in [-0.4, -0.2) is 17.0 Å². The standard InChI is InChI=1S/C17H19NO3/c1-9-4-3-5-13(10(9)2)18-16(19)14-11-6-7-12(8-11)15(14)17(20)21/h3-7,11-12,14-15H,8H2,1-2H3,(H,18,19)(H,20,21)/t11-,12+,14+,15+/m1/s1. The van der Waals surface area contributed by atoms with E-state index in [1.54, 1.807) is 0 Å². The van der Waals surface area contributed by atoms with E-state index in [-0.39, 0.29) is 17.7 Å². The molecule has 3 rings (SSSR count). The molecule has 0 spiro atoms. The second-order valence-electron chi connectivity index (χ2n) is 6.07. The van der Waals surface area contributed by atoms with E-state index in [0.717, 1.165) is 23.2 Å². The van der Waals surface area contributed by atoms with E-state index in [0.29, 0.717) is 0 Å². The number of carboxylic acid groups (broad SMARTS) is 1. The number of nitrogens with one attached hydrogen (secondary N) is 1. The van der Waals surface area contributed by atoms with Crippen LogP contribution in [0.25, 0.3) is 0 Å². The average molecular weight is 285 g/mol. The van der Waals surface area contributed by atoms with Crippen LogP contribution in [0.5, 0.6) is 0 Å². The molecule has 2 bridgehead atoms. The third kappa shape index (κ3) is 2.24. The van der Waals surface area contributed by atoms with E-state index in [1.807, 2.05) is 44.2 Å². The molecule has 110 valence electrons. The van der Waals surface area contributed by atoms with Gasteiger partial charge in [0, 0.05) is 5.69 Å². The second-order valence-corrected chi connectivity index (χ2v) is 6.07. The summed E-state index contributed by atoms with van der Waals surface area (Å²) in [5.41, 5.74) is 2.91. The zero-order valence-electron chi connectivity index (χ0n) is 12.2. The van der Waals surface area contributed by atoms with Gasteiger partial charge in [0.05, 0.1) is 11.8 Å². The van der Waals surface area contributed by atoms with Gasteiger partial charge in [0.1, 0.15) is 0 Å². The number of anilines is 1. The molecule has 1 amide bonds. The van der Waals surface area contributed by atoms with Crippen molar-refractivity contribution in [2.75, 3.05) is 5.32 Å². The maximum absolute atomic E-state index is 12.6. The summed E-state index contributed by atoms with van der Waals surface area (Å²) in [5.74, 6) is -2.04. The summed E-state index contributed by atoms with van der Waals surface area (Å²) in [6.45, 7) is 3.95. The molecule has 0 aromatic heterocycles. The normalized spacial score (nSPS) is 29.6. The van der Waals surface area contributed by atoms with Crippen molar-refractivity contribution in [2.45, 2.75) is 20.3 Å². The molecule has 4 atom stereocenters. The first-order valence-corrected chi connectivity index (χ1v) is 7.27. The van der Waals surface area contributed by atoms with Crippen molar-refractivity contribution >= 4 is 17.6 Å². The number of aliphatic carboxylic acids is 1. The summed E-state index contributed by atoms with van der Waals surface area (Å²) in [6.07, 6.45) is 4.73. The van der Waals surface area contributed by atoms with E-state index >= 15 is 0 Å². The predicted molar refractivity (Wildman–Crippen MR) is 79.9 cm³/mol. The fourth-order valence-corrected chi connectivity index (χ4v) is 3.62. The number of allylic oxidation sites excluding steroid dienone is 2. The topological polar surface area (TPSA) is 66.4 Å². The molecule has 2 aliphatic carbocycles. The Balaban J connectivity index is 1.84. The van der Waals surface area contributed by atoms with Crippen molar-refractivity contribution in [1.29, 1.82) is 0 Å². The lowest BCUT2D eigenvalue weighted by Gasteiger charge is -2.24. The van der Waals surface area contributed by atoms with Crippen LogP contribution in [0.4, 0.5) is 5.69 Å². The van der Waals surface area contributed by atoms with Gasteiger partial charge in [-0.1, -0.05) is 24.3 Å². The SMILES string of the molecule is Cc1cccc(NC(=O)[C@@H]2[C@@H](C(=O)O)[C@H]3C=C[C@@H]2C3)c1C. The Morgan fingerprint density at radius 2 is 1.81 bits per heavy atom. The fraction of sp³-hybridized carbons (Fsp3) is 0.412. The zero-order chi connectivity index (χ0) is 15.1. The molecule has 4 nitrogen and oxygen atoms in total. The van der Waals surface area contributed by atoms with Crippen molar-refractivity contribution in [3.05, 3.63) is 41.5 Å². The lowest BCUT2D eigenvalue weighted by atomic mass is 9.82. The van der Waals surface area contributed by atoms with E-state index in [1.165, 1.54) is 0 Å². The van der Waals surface area contributed by atoms with Crippen LogP contribution < -0.4 is 5.32 Å². The van der Waals surface area contributed by atoms with Crippen LogP contribution in [0.1, 0.15) is 17.5 Å². The predicted octanol–water partition coefficient (Wildman–Crippen LogP) is 2.76. The van der Waals surface area contributed by atoms with Crippen molar-refractivity contribution in [3.63, 3.8) is 0 Å². The largest absolute Gasteiger partial charge is 0.481 e. The molecule has 0 heterocycles. The summed E-state index contributed by atoms with van der Waals surface area (Å²) in [5, 5.41) is 12.3. The molecule has 4 heteroatoms. The smallest absolute Gasteiger partial charge is 0.307 e. The Bertz CT molecular complexity index is 635.